The van der Waals surface area contributed by atoms with Gasteiger partial charge in [0.2, 0.25) is 0 Å². The second-order valence-corrected chi connectivity index (χ2v) is 3.80. The van der Waals surface area contributed by atoms with E-state index in [0.717, 1.165) is 12.1 Å². The number of alkyl halides is 3. The molecule has 0 aliphatic rings. The number of hydrogen-bond acceptors (Lipinski definition) is 3. The summed E-state index contributed by atoms with van der Waals surface area (Å²) in [5.41, 5.74) is 5.95. The number of aryl methyl sites for hydroxylation is 1. The molecule has 0 unspecified atom stereocenters. The molecule has 0 fully saturated rings. The van der Waals surface area contributed by atoms with E-state index < -0.39 is 11.7 Å². The molecule has 0 amide bonds. The van der Waals surface area contributed by atoms with Crippen LogP contribution in [0.25, 0.3) is 11.3 Å². The topological polar surface area (TPSA) is 51.8 Å². The number of nitrogens with two attached hydrogens (primary N) is 1. The minimum absolute atomic E-state index is 0.289. The summed E-state index contributed by atoms with van der Waals surface area (Å²) in [4.78, 5) is 8.03. The minimum Gasteiger partial charge on any atom is -0.384 e. The SMILES string of the molecule is Cc1nc(N)cc(-c2ccc(C(F)(F)F)cc2)n1. The van der Waals surface area contributed by atoms with Crippen molar-refractivity contribution < 1.29 is 13.2 Å². The molecule has 1 heterocycles. The van der Waals surface area contributed by atoms with Gasteiger partial charge >= 0.3 is 6.18 Å². The molecule has 2 rings (SSSR count). The van der Waals surface area contributed by atoms with E-state index in [9.17, 15) is 13.2 Å². The van der Waals surface area contributed by atoms with E-state index in [1.807, 2.05) is 0 Å². The van der Waals surface area contributed by atoms with Crippen LogP contribution in [0, 0.1) is 6.92 Å². The largest absolute Gasteiger partial charge is 0.416 e. The molecule has 1 aromatic carbocycles. The third kappa shape index (κ3) is 2.58. The lowest BCUT2D eigenvalue weighted by Crippen LogP contribution is -2.04. The van der Waals surface area contributed by atoms with Crippen LogP contribution < -0.4 is 5.73 Å². The van der Waals surface area contributed by atoms with Gasteiger partial charge in [0.1, 0.15) is 11.6 Å². The summed E-state index contributed by atoms with van der Waals surface area (Å²) in [7, 11) is 0. The minimum atomic E-state index is -4.33. The molecule has 3 nitrogen and oxygen atoms in total. The van der Waals surface area contributed by atoms with Crippen LogP contribution >= 0.6 is 0 Å². The number of hydrogen-bond donors (Lipinski definition) is 1. The van der Waals surface area contributed by atoms with Crippen LogP contribution in [0.1, 0.15) is 11.4 Å². The van der Waals surface area contributed by atoms with Gasteiger partial charge in [-0.15, -0.1) is 0 Å². The van der Waals surface area contributed by atoms with Crippen molar-refractivity contribution in [2.24, 2.45) is 0 Å². The van der Waals surface area contributed by atoms with Gasteiger partial charge in [0.05, 0.1) is 11.3 Å². The van der Waals surface area contributed by atoms with Gasteiger partial charge in [0, 0.05) is 11.6 Å². The first-order valence-corrected chi connectivity index (χ1v) is 5.15. The summed E-state index contributed by atoms with van der Waals surface area (Å²) in [6, 6.07) is 6.29. The molecule has 0 saturated heterocycles. The van der Waals surface area contributed by atoms with Crippen LogP contribution in [0.4, 0.5) is 19.0 Å². The maximum atomic E-state index is 12.4. The van der Waals surface area contributed by atoms with Gasteiger partial charge in [-0.3, -0.25) is 0 Å². The van der Waals surface area contributed by atoms with Crippen molar-refractivity contribution in [3.8, 4) is 11.3 Å². The van der Waals surface area contributed by atoms with Crippen LogP contribution in [0.2, 0.25) is 0 Å². The highest BCUT2D eigenvalue weighted by Crippen LogP contribution is 2.30. The van der Waals surface area contributed by atoms with Gasteiger partial charge in [-0.25, -0.2) is 9.97 Å². The summed E-state index contributed by atoms with van der Waals surface area (Å²) in [5.74, 6) is 0.766. The number of anilines is 1. The predicted molar refractivity (Wildman–Crippen MR) is 61.6 cm³/mol. The summed E-state index contributed by atoms with van der Waals surface area (Å²) < 4.78 is 37.2. The Morgan fingerprint density at radius 1 is 1.06 bits per heavy atom. The summed E-state index contributed by atoms with van der Waals surface area (Å²) in [6.45, 7) is 1.67. The molecule has 0 atom stereocenters. The van der Waals surface area contributed by atoms with E-state index in [1.54, 1.807) is 6.92 Å². The van der Waals surface area contributed by atoms with E-state index in [-0.39, 0.29) is 5.82 Å². The van der Waals surface area contributed by atoms with Crippen molar-refractivity contribution in [1.29, 1.82) is 0 Å². The highest BCUT2D eigenvalue weighted by atomic mass is 19.4. The van der Waals surface area contributed by atoms with Crippen molar-refractivity contribution in [2.45, 2.75) is 13.1 Å². The normalized spacial score (nSPS) is 11.6. The van der Waals surface area contributed by atoms with Crippen LogP contribution in [0.5, 0.6) is 0 Å². The van der Waals surface area contributed by atoms with Crippen molar-refractivity contribution in [3.63, 3.8) is 0 Å². The first-order chi connectivity index (χ1) is 8.36. The first kappa shape index (κ1) is 12.3. The maximum absolute atomic E-state index is 12.4. The van der Waals surface area contributed by atoms with Gasteiger partial charge in [0.15, 0.2) is 0 Å². The van der Waals surface area contributed by atoms with E-state index in [1.165, 1.54) is 18.2 Å². The fraction of sp³-hybridized carbons (Fsp3) is 0.167. The fourth-order valence-corrected chi connectivity index (χ4v) is 1.57. The van der Waals surface area contributed by atoms with Crippen molar-refractivity contribution in [1.82, 2.24) is 9.97 Å². The Morgan fingerprint density at radius 3 is 2.17 bits per heavy atom. The van der Waals surface area contributed by atoms with Gasteiger partial charge in [-0.1, -0.05) is 12.1 Å². The Labute approximate surface area is 101 Å². The van der Waals surface area contributed by atoms with Crippen LogP contribution in [-0.4, -0.2) is 9.97 Å². The van der Waals surface area contributed by atoms with Crippen LogP contribution in [0.15, 0.2) is 30.3 Å². The Balaban J connectivity index is 2.40. The molecule has 94 valence electrons. The van der Waals surface area contributed by atoms with Crippen LogP contribution in [0.3, 0.4) is 0 Å². The highest BCUT2D eigenvalue weighted by molar-refractivity contribution is 5.62. The van der Waals surface area contributed by atoms with Crippen molar-refractivity contribution in [2.75, 3.05) is 5.73 Å². The number of benzene rings is 1. The first-order valence-electron chi connectivity index (χ1n) is 5.15. The zero-order chi connectivity index (χ0) is 13.3. The zero-order valence-electron chi connectivity index (χ0n) is 9.49. The van der Waals surface area contributed by atoms with E-state index in [2.05, 4.69) is 9.97 Å². The van der Waals surface area contributed by atoms with Gasteiger partial charge in [0.25, 0.3) is 0 Å². The third-order valence-electron chi connectivity index (χ3n) is 2.37. The fourth-order valence-electron chi connectivity index (χ4n) is 1.57. The average Bonchev–Trinajstić information content (AvgIpc) is 2.27. The van der Waals surface area contributed by atoms with Crippen molar-refractivity contribution in [3.05, 3.63) is 41.7 Å². The summed E-state index contributed by atoms with van der Waals surface area (Å²) in [6.07, 6.45) is -4.33. The molecule has 1 aromatic heterocycles. The lowest BCUT2D eigenvalue weighted by molar-refractivity contribution is -0.137. The molecule has 0 bridgehead atoms. The van der Waals surface area contributed by atoms with Gasteiger partial charge < -0.3 is 5.73 Å². The molecular weight excluding hydrogens is 243 g/mol. The van der Waals surface area contributed by atoms with Crippen molar-refractivity contribution >= 4 is 5.82 Å². The summed E-state index contributed by atoms with van der Waals surface area (Å²) in [5, 5.41) is 0. The molecule has 0 spiro atoms. The Hall–Kier alpha value is -2.11. The Bertz CT molecular complexity index is 542. The summed E-state index contributed by atoms with van der Waals surface area (Å²) >= 11 is 0. The lowest BCUT2D eigenvalue weighted by atomic mass is 10.1. The monoisotopic (exact) mass is 253 g/mol. The predicted octanol–water partition coefficient (Wildman–Crippen LogP) is 3.05. The number of halogens is 3. The molecule has 0 radical (unpaired) electrons. The maximum Gasteiger partial charge on any atom is 0.416 e. The quantitative estimate of drug-likeness (QED) is 0.849. The van der Waals surface area contributed by atoms with E-state index in [4.69, 9.17) is 5.73 Å². The van der Waals surface area contributed by atoms with Gasteiger partial charge in [-0.2, -0.15) is 13.2 Å². The molecule has 0 saturated carbocycles. The number of aromatic nitrogens is 2. The second-order valence-electron chi connectivity index (χ2n) is 3.80. The second kappa shape index (κ2) is 4.29. The van der Waals surface area contributed by atoms with E-state index >= 15 is 0 Å². The number of nitrogens with zero attached hydrogens (tertiary/aromatic N) is 2. The van der Waals surface area contributed by atoms with E-state index in [0.29, 0.717) is 17.1 Å². The number of nitrogen functional groups attached to an aromatic ring is 1. The van der Waals surface area contributed by atoms with Crippen LogP contribution in [-0.2, 0) is 6.18 Å². The Morgan fingerprint density at radius 2 is 1.67 bits per heavy atom. The highest BCUT2D eigenvalue weighted by Gasteiger charge is 2.29. The average molecular weight is 253 g/mol. The standard InChI is InChI=1S/C12H10F3N3/c1-7-17-10(6-11(16)18-7)8-2-4-9(5-3-8)12(13,14)15/h2-6H,1H3,(H2,16,17,18). The lowest BCUT2D eigenvalue weighted by Gasteiger charge is -2.08. The zero-order valence-corrected chi connectivity index (χ0v) is 9.49. The molecule has 2 N–H and O–H groups in total. The smallest absolute Gasteiger partial charge is 0.384 e. The number of rotatable bonds is 1. The molecule has 0 aliphatic carbocycles. The molecular formula is C12H10F3N3. The van der Waals surface area contributed by atoms with Gasteiger partial charge in [-0.05, 0) is 19.1 Å². The molecule has 0 aliphatic heterocycles. The molecule has 2 aromatic rings. The molecule has 6 heteroatoms. The third-order valence-corrected chi connectivity index (χ3v) is 2.37. The Kier molecular flexibility index (Phi) is 2.94. The molecule has 18 heavy (non-hydrogen) atoms.